The molecule has 0 aliphatic heterocycles. The number of nitrogens with one attached hydrogen (secondary N) is 5. The number of aromatic amines is 1. The molecule has 0 bridgehead atoms. The molecule has 2 heterocycles. The van der Waals surface area contributed by atoms with E-state index in [1.165, 1.54) is 4.57 Å². The second-order valence-corrected chi connectivity index (χ2v) is 11.1. The summed E-state index contributed by atoms with van der Waals surface area (Å²) in [6.45, 7) is 2.97. The van der Waals surface area contributed by atoms with Gasteiger partial charge in [0.1, 0.15) is 5.65 Å². The SMILES string of the molecule is C[C@H](N)CCCc1cc(Cl)c(F)c(-c2cc3cn(-c4ccc(CO[C@@H](CCNC(=N)N)CNC(=N)N)cc4)c(=O)nc3[nH]2)c1. The molecule has 0 saturated heterocycles. The largest absolute Gasteiger partial charge is 0.372 e. The van der Waals surface area contributed by atoms with E-state index in [1.807, 2.05) is 19.1 Å². The van der Waals surface area contributed by atoms with Crippen LogP contribution in [0.15, 0.2) is 53.5 Å². The van der Waals surface area contributed by atoms with Crippen molar-refractivity contribution in [3.05, 3.63) is 81.1 Å². The van der Waals surface area contributed by atoms with Gasteiger partial charge in [-0.1, -0.05) is 23.7 Å². The number of fused-ring (bicyclic) bond motifs is 1. The van der Waals surface area contributed by atoms with Gasteiger partial charge in [-0.2, -0.15) is 4.98 Å². The molecule has 0 amide bonds. The lowest BCUT2D eigenvalue weighted by Gasteiger charge is -2.19. The van der Waals surface area contributed by atoms with Crippen molar-refractivity contribution >= 4 is 34.6 Å². The van der Waals surface area contributed by atoms with Gasteiger partial charge in [0, 0.05) is 36.3 Å². The number of hydrogen-bond donors (Lipinski definition) is 8. The molecule has 2 aromatic heterocycles. The minimum Gasteiger partial charge on any atom is -0.372 e. The Balaban J connectivity index is 1.50. The summed E-state index contributed by atoms with van der Waals surface area (Å²) in [5, 5.41) is 20.8. The Morgan fingerprint density at radius 2 is 1.84 bits per heavy atom. The summed E-state index contributed by atoms with van der Waals surface area (Å²) in [6, 6.07) is 12.5. The van der Waals surface area contributed by atoms with E-state index in [0.29, 0.717) is 53.9 Å². The number of guanidine groups is 2. The van der Waals surface area contributed by atoms with E-state index in [2.05, 4.69) is 20.6 Å². The van der Waals surface area contributed by atoms with E-state index >= 15 is 4.39 Å². The number of hydrogen-bond acceptors (Lipinski definition) is 6. The van der Waals surface area contributed by atoms with Gasteiger partial charge in [0.15, 0.2) is 17.7 Å². The van der Waals surface area contributed by atoms with Gasteiger partial charge < -0.3 is 37.6 Å². The van der Waals surface area contributed by atoms with Crippen molar-refractivity contribution in [3.8, 4) is 16.9 Å². The first-order chi connectivity index (χ1) is 21.0. The van der Waals surface area contributed by atoms with Gasteiger partial charge >= 0.3 is 5.69 Å². The Bertz CT molecular complexity index is 1670. The summed E-state index contributed by atoms with van der Waals surface area (Å²) in [5.41, 5.74) is 19.6. The van der Waals surface area contributed by atoms with E-state index in [-0.39, 0.29) is 35.7 Å². The molecule has 4 aromatic rings. The molecule has 0 radical (unpaired) electrons. The summed E-state index contributed by atoms with van der Waals surface area (Å²) in [4.78, 5) is 20.2. The third-order valence-corrected chi connectivity index (χ3v) is 7.29. The maximum absolute atomic E-state index is 15.1. The highest BCUT2D eigenvalue weighted by Crippen LogP contribution is 2.31. The number of aryl methyl sites for hydroxylation is 1. The smallest absolute Gasteiger partial charge is 0.354 e. The predicted molar refractivity (Wildman–Crippen MR) is 172 cm³/mol. The fourth-order valence-electron chi connectivity index (χ4n) is 4.74. The highest BCUT2D eigenvalue weighted by atomic mass is 35.5. The van der Waals surface area contributed by atoms with Crippen LogP contribution in [0.3, 0.4) is 0 Å². The summed E-state index contributed by atoms with van der Waals surface area (Å²) in [5.74, 6) is -0.840. The Labute approximate surface area is 259 Å². The molecule has 4 rings (SSSR count). The predicted octanol–water partition coefficient (Wildman–Crippen LogP) is 3.08. The average Bonchev–Trinajstić information content (AvgIpc) is 3.38. The number of benzene rings is 2. The van der Waals surface area contributed by atoms with Gasteiger partial charge in [0.25, 0.3) is 0 Å². The first kappa shape index (κ1) is 32.5. The first-order valence-electron chi connectivity index (χ1n) is 14.2. The van der Waals surface area contributed by atoms with Crippen LogP contribution in [-0.2, 0) is 17.8 Å². The molecule has 14 heteroatoms. The molecule has 12 nitrogen and oxygen atoms in total. The van der Waals surface area contributed by atoms with E-state index < -0.39 is 11.5 Å². The number of rotatable bonds is 14. The zero-order valence-electron chi connectivity index (χ0n) is 24.4. The van der Waals surface area contributed by atoms with Crippen molar-refractivity contribution in [2.75, 3.05) is 13.1 Å². The molecule has 2 atom stereocenters. The maximum Gasteiger partial charge on any atom is 0.354 e. The molecular formula is C30H38ClFN10O2. The van der Waals surface area contributed by atoms with Crippen molar-refractivity contribution in [1.29, 1.82) is 10.8 Å². The lowest BCUT2D eigenvalue weighted by atomic mass is 10.0. The quantitative estimate of drug-likeness (QED) is 0.0770. The zero-order chi connectivity index (χ0) is 31.8. The van der Waals surface area contributed by atoms with E-state index in [0.717, 1.165) is 24.0 Å². The highest BCUT2D eigenvalue weighted by molar-refractivity contribution is 6.31. The topological polar surface area (TPSA) is 210 Å². The van der Waals surface area contributed by atoms with Crippen LogP contribution in [0.1, 0.15) is 37.3 Å². The Hall–Kier alpha value is -4.46. The lowest BCUT2D eigenvalue weighted by molar-refractivity contribution is 0.0389. The van der Waals surface area contributed by atoms with E-state index in [1.54, 1.807) is 36.5 Å². The highest BCUT2D eigenvalue weighted by Gasteiger charge is 2.16. The molecule has 0 saturated carbocycles. The first-order valence-corrected chi connectivity index (χ1v) is 14.6. The number of H-pyrrole nitrogens is 1. The van der Waals surface area contributed by atoms with Gasteiger partial charge in [-0.25, -0.2) is 9.18 Å². The third-order valence-electron chi connectivity index (χ3n) is 7.01. The third kappa shape index (κ3) is 8.78. The molecule has 0 spiro atoms. The molecular weight excluding hydrogens is 587 g/mol. The standard InChI is InChI=1S/C30H38ClFN10O2/c1-17(33)3-2-4-19-11-23(26(32)24(31)12-19)25-13-20-15-42(30(43)41-27(20)40-25)21-7-5-18(6-8-21)16-44-22(14-39-29(36)37)9-10-38-28(34)35/h5-8,11-13,15,17,22H,2-4,9-10,14,16,33H2,1H3,(H4,34,35,38)(H4,36,37,39)(H,40,41,43)/t17-,22-/m0/s1. The van der Waals surface area contributed by atoms with Crippen LogP contribution in [-0.4, -0.2) is 51.7 Å². The molecule has 11 N–H and O–H groups in total. The maximum atomic E-state index is 15.1. The van der Waals surface area contributed by atoms with Crippen LogP contribution in [0.2, 0.25) is 5.02 Å². The average molecular weight is 625 g/mol. The van der Waals surface area contributed by atoms with Crippen molar-refractivity contribution in [1.82, 2.24) is 25.2 Å². The van der Waals surface area contributed by atoms with E-state index in [9.17, 15) is 4.79 Å². The van der Waals surface area contributed by atoms with Crippen LogP contribution in [0.4, 0.5) is 4.39 Å². The van der Waals surface area contributed by atoms with Crippen LogP contribution in [0.25, 0.3) is 28.0 Å². The van der Waals surface area contributed by atoms with Crippen LogP contribution >= 0.6 is 11.6 Å². The summed E-state index contributed by atoms with van der Waals surface area (Å²) < 4.78 is 22.5. The summed E-state index contributed by atoms with van der Waals surface area (Å²) >= 11 is 6.23. The van der Waals surface area contributed by atoms with Crippen molar-refractivity contribution in [2.24, 2.45) is 17.2 Å². The fraction of sp³-hybridized carbons (Fsp3) is 0.333. The molecule has 0 unspecified atom stereocenters. The van der Waals surface area contributed by atoms with Gasteiger partial charge in [0.05, 0.1) is 29.1 Å². The fourth-order valence-corrected chi connectivity index (χ4v) is 4.98. The Kier molecular flexibility index (Phi) is 10.9. The zero-order valence-corrected chi connectivity index (χ0v) is 25.2. The van der Waals surface area contributed by atoms with Gasteiger partial charge in [-0.05, 0) is 74.1 Å². The van der Waals surface area contributed by atoms with E-state index in [4.69, 9.17) is 44.4 Å². The molecule has 44 heavy (non-hydrogen) atoms. The number of nitrogens with zero attached hydrogens (tertiary/aromatic N) is 2. The van der Waals surface area contributed by atoms with Crippen LogP contribution in [0.5, 0.6) is 0 Å². The van der Waals surface area contributed by atoms with Gasteiger partial charge in [0.2, 0.25) is 0 Å². The molecule has 2 aromatic carbocycles. The molecule has 0 aliphatic carbocycles. The number of halogens is 2. The van der Waals surface area contributed by atoms with Gasteiger partial charge in [-0.15, -0.1) is 0 Å². The molecule has 0 fully saturated rings. The second-order valence-electron chi connectivity index (χ2n) is 10.7. The Morgan fingerprint density at radius 3 is 2.52 bits per heavy atom. The summed E-state index contributed by atoms with van der Waals surface area (Å²) in [6.07, 6.45) is 4.32. The lowest BCUT2D eigenvalue weighted by Crippen LogP contribution is -2.40. The minimum absolute atomic E-state index is 0.0303. The minimum atomic E-state index is -0.545. The molecule has 0 aliphatic rings. The van der Waals surface area contributed by atoms with Gasteiger partial charge in [-0.3, -0.25) is 15.4 Å². The normalized spacial score (nSPS) is 12.6. The second kappa shape index (κ2) is 14.8. The van der Waals surface area contributed by atoms with Crippen molar-refractivity contribution in [2.45, 2.75) is 51.4 Å². The monoisotopic (exact) mass is 624 g/mol. The van der Waals surface area contributed by atoms with Crippen molar-refractivity contribution in [3.63, 3.8) is 0 Å². The number of ether oxygens (including phenoxy) is 1. The summed E-state index contributed by atoms with van der Waals surface area (Å²) in [7, 11) is 0. The molecule has 234 valence electrons. The Morgan fingerprint density at radius 1 is 1.11 bits per heavy atom. The van der Waals surface area contributed by atoms with Crippen LogP contribution in [0, 0.1) is 16.6 Å². The number of nitrogens with two attached hydrogens (primary N) is 3. The number of aromatic nitrogens is 3. The van der Waals surface area contributed by atoms with Crippen molar-refractivity contribution < 1.29 is 9.13 Å². The van der Waals surface area contributed by atoms with Crippen LogP contribution < -0.4 is 33.5 Å².